The molecular formula is C11H24O3. The van der Waals surface area contributed by atoms with Crippen molar-refractivity contribution in [1.82, 2.24) is 0 Å². The second-order valence-corrected chi connectivity index (χ2v) is 3.93. The molecule has 0 aromatic carbocycles. The van der Waals surface area contributed by atoms with Gasteiger partial charge < -0.3 is 14.6 Å². The number of ether oxygens (including phenoxy) is 2. The van der Waals surface area contributed by atoms with Gasteiger partial charge in [0.25, 0.3) is 0 Å². The first kappa shape index (κ1) is 13.9. The third-order valence-corrected chi connectivity index (χ3v) is 2.45. The summed E-state index contributed by atoms with van der Waals surface area (Å²) in [6.45, 7) is 6.78. The zero-order valence-corrected chi connectivity index (χ0v) is 9.66. The van der Waals surface area contributed by atoms with E-state index in [1.807, 2.05) is 0 Å². The van der Waals surface area contributed by atoms with E-state index in [0.29, 0.717) is 11.8 Å². The Morgan fingerprint density at radius 1 is 1.14 bits per heavy atom. The fraction of sp³-hybridized carbons (Fsp3) is 1.00. The van der Waals surface area contributed by atoms with Gasteiger partial charge in [0.15, 0.2) is 0 Å². The average Bonchev–Trinajstić information content (AvgIpc) is 2.16. The molecule has 0 radical (unpaired) electrons. The van der Waals surface area contributed by atoms with Crippen molar-refractivity contribution >= 4 is 0 Å². The molecule has 0 bridgehead atoms. The molecule has 3 nitrogen and oxygen atoms in total. The second-order valence-electron chi connectivity index (χ2n) is 3.93. The summed E-state index contributed by atoms with van der Waals surface area (Å²) in [7, 11) is 1.69. The van der Waals surface area contributed by atoms with Crippen LogP contribution in [0.2, 0.25) is 0 Å². The highest BCUT2D eigenvalue weighted by molar-refractivity contribution is 4.60. The van der Waals surface area contributed by atoms with Crippen LogP contribution in [0.1, 0.15) is 26.7 Å². The molecule has 14 heavy (non-hydrogen) atoms. The maximum atomic E-state index is 9.06. The number of methoxy groups -OCH3 is 1. The lowest BCUT2D eigenvalue weighted by Gasteiger charge is -2.17. The lowest BCUT2D eigenvalue weighted by atomic mass is 9.94. The molecule has 1 atom stereocenters. The Kier molecular flexibility index (Phi) is 9.35. The van der Waals surface area contributed by atoms with Crippen molar-refractivity contribution in [3.05, 3.63) is 0 Å². The standard InChI is InChI=1S/C11H24O3/c1-10(2)11(9-12)5-8-14-7-4-6-13-3/h10-12H,4-9H2,1-3H3. The Labute approximate surface area is 87.4 Å². The van der Waals surface area contributed by atoms with E-state index < -0.39 is 0 Å². The summed E-state index contributed by atoms with van der Waals surface area (Å²) in [6, 6.07) is 0. The summed E-state index contributed by atoms with van der Waals surface area (Å²) >= 11 is 0. The lowest BCUT2D eigenvalue weighted by Crippen LogP contribution is -2.16. The summed E-state index contributed by atoms with van der Waals surface area (Å²) in [6.07, 6.45) is 1.89. The molecule has 0 spiro atoms. The van der Waals surface area contributed by atoms with E-state index in [4.69, 9.17) is 14.6 Å². The van der Waals surface area contributed by atoms with E-state index in [-0.39, 0.29) is 6.61 Å². The Bertz CT molecular complexity index is 115. The molecule has 0 aliphatic rings. The van der Waals surface area contributed by atoms with E-state index in [1.54, 1.807) is 7.11 Å². The molecule has 1 N–H and O–H groups in total. The van der Waals surface area contributed by atoms with Gasteiger partial charge in [0.1, 0.15) is 0 Å². The van der Waals surface area contributed by atoms with Crippen LogP contribution in [0.5, 0.6) is 0 Å². The average molecular weight is 204 g/mol. The van der Waals surface area contributed by atoms with E-state index in [9.17, 15) is 0 Å². The van der Waals surface area contributed by atoms with Crippen LogP contribution in [-0.2, 0) is 9.47 Å². The SMILES string of the molecule is COCCCOCCC(CO)C(C)C. The first-order valence-electron chi connectivity index (χ1n) is 5.40. The van der Waals surface area contributed by atoms with Crippen molar-refractivity contribution in [3.8, 4) is 0 Å². The number of aliphatic hydroxyl groups excluding tert-OH is 1. The smallest absolute Gasteiger partial charge is 0.0487 e. The molecule has 0 aliphatic carbocycles. The van der Waals surface area contributed by atoms with Gasteiger partial charge in [-0.15, -0.1) is 0 Å². The molecule has 1 unspecified atom stereocenters. The first-order valence-corrected chi connectivity index (χ1v) is 5.40. The van der Waals surface area contributed by atoms with Gasteiger partial charge in [0.2, 0.25) is 0 Å². The van der Waals surface area contributed by atoms with Crippen LogP contribution in [0.15, 0.2) is 0 Å². The molecule has 0 saturated carbocycles. The van der Waals surface area contributed by atoms with Crippen LogP contribution < -0.4 is 0 Å². The van der Waals surface area contributed by atoms with Crippen molar-refractivity contribution in [2.75, 3.05) is 33.5 Å². The topological polar surface area (TPSA) is 38.7 Å². The second kappa shape index (κ2) is 9.44. The highest BCUT2D eigenvalue weighted by atomic mass is 16.5. The Morgan fingerprint density at radius 3 is 2.36 bits per heavy atom. The maximum Gasteiger partial charge on any atom is 0.0487 e. The highest BCUT2D eigenvalue weighted by Gasteiger charge is 2.11. The van der Waals surface area contributed by atoms with Gasteiger partial charge in [-0.25, -0.2) is 0 Å². The molecule has 3 heteroatoms. The summed E-state index contributed by atoms with van der Waals surface area (Å²) in [4.78, 5) is 0. The van der Waals surface area contributed by atoms with Gasteiger partial charge in [-0.05, 0) is 24.7 Å². The van der Waals surface area contributed by atoms with E-state index in [1.165, 1.54) is 0 Å². The fourth-order valence-corrected chi connectivity index (χ4v) is 1.28. The minimum absolute atomic E-state index is 0.263. The van der Waals surface area contributed by atoms with Gasteiger partial charge in [0.05, 0.1) is 0 Å². The minimum atomic E-state index is 0.263. The van der Waals surface area contributed by atoms with Gasteiger partial charge >= 0.3 is 0 Å². The monoisotopic (exact) mass is 204 g/mol. The van der Waals surface area contributed by atoms with Crippen LogP contribution in [0.3, 0.4) is 0 Å². The summed E-state index contributed by atoms with van der Waals surface area (Å²) < 4.78 is 10.3. The van der Waals surface area contributed by atoms with Gasteiger partial charge in [0, 0.05) is 33.5 Å². The molecule has 0 aromatic heterocycles. The molecule has 0 aromatic rings. The molecule has 0 fully saturated rings. The molecule has 0 saturated heterocycles. The highest BCUT2D eigenvalue weighted by Crippen LogP contribution is 2.13. The molecule has 0 aliphatic heterocycles. The zero-order valence-electron chi connectivity index (χ0n) is 9.66. The van der Waals surface area contributed by atoms with Crippen LogP contribution in [0, 0.1) is 11.8 Å². The summed E-state index contributed by atoms with van der Waals surface area (Å²) in [5.74, 6) is 0.903. The van der Waals surface area contributed by atoms with Crippen LogP contribution in [0.4, 0.5) is 0 Å². The van der Waals surface area contributed by atoms with Gasteiger partial charge in [-0.2, -0.15) is 0 Å². The quantitative estimate of drug-likeness (QED) is 0.581. The maximum absolute atomic E-state index is 9.06. The first-order chi connectivity index (χ1) is 6.72. The van der Waals surface area contributed by atoms with Gasteiger partial charge in [-0.1, -0.05) is 13.8 Å². The third-order valence-electron chi connectivity index (χ3n) is 2.45. The third kappa shape index (κ3) is 7.30. The van der Waals surface area contributed by atoms with Gasteiger partial charge in [-0.3, -0.25) is 0 Å². The van der Waals surface area contributed by atoms with E-state index in [0.717, 1.165) is 32.7 Å². The summed E-state index contributed by atoms with van der Waals surface area (Å²) in [5.41, 5.74) is 0. The summed E-state index contributed by atoms with van der Waals surface area (Å²) in [5, 5.41) is 9.06. The predicted octanol–water partition coefficient (Wildman–Crippen LogP) is 1.69. The number of hydrogen-bond donors (Lipinski definition) is 1. The van der Waals surface area contributed by atoms with Crippen molar-refractivity contribution < 1.29 is 14.6 Å². The normalized spacial score (nSPS) is 13.5. The molecule has 86 valence electrons. The van der Waals surface area contributed by atoms with Crippen molar-refractivity contribution in [1.29, 1.82) is 0 Å². The number of aliphatic hydroxyl groups is 1. The largest absolute Gasteiger partial charge is 0.396 e. The van der Waals surface area contributed by atoms with Crippen LogP contribution in [0.25, 0.3) is 0 Å². The predicted molar refractivity (Wildman–Crippen MR) is 57.3 cm³/mol. The van der Waals surface area contributed by atoms with Crippen LogP contribution in [-0.4, -0.2) is 38.6 Å². The molecule has 0 amide bonds. The zero-order chi connectivity index (χ0) is 10.8. The van der Waals surface area contributed by atoms with Crippen LogP contribution >= 0.6 is 0 Å². The molecular weight excluding hydrogens is 180 g/mol. The molecule has 0 heterocycles. The lowest BCUT2D eigenvalue weighted by molar-refractivity contribution is 0.0775. The molecule has 0 rings (SSSR count). The van der Waals surface area contributed by atoms with E-state index in [2.05, 4.69) is 13.8 Å². The van der Waals surface area contributed by atoms with E-state index >= 15 is 0 Å². The van der Waals surface area contributed by atoms with Crippen molar-refractivity contribution in [3.63, 3.8) is 0 Å². The number of hydrogen-bond acceptors (Lipinski definition) is 3. The number of rotatable bonds is 9. The Balaban J connectivity index is 3.25. The Morgan fingerprint density at radius 2 is 1.86 bits per heavy atom. The van der Waals surface area contributed by atoms with Crippen molar-refractivity contribution in [2.45, 2.75) is 26.7 Å². The van der Waals surface area contributed by atoms with Crippen molar-refractivity contribution in [2.24, 2.45) is 11.8 Å². The minimum Gasteiger partial charge on any atom is -0.396 e. The Hall–Kier alpha value is -0.120. The fourth-order valence-electron chi connectivity index (χ4n) is 1.28.